The minimum absolute atomic E-state index is 0.0245. The molecule has 0 saturated carbocycles. The van der Waals surface area contributed by atoms with E-state index in [9.17, 15) is 29.7 Å². The van der Waals surface area contributed by atoms with Crippen LogP contribution in [0.5, 0.6) is 11.5 Å². The first-order valence-electron chi connectivity index (χ1n) is 10.2. The molecule has 0 bridgehead atoms. The fourth-order valence-electron chi connectivity index (χ4n) is 4.65. The van der Waals surface area contributed by atoms with Gasteiger partial charge in [0.05, 0.1) is 29.9 Å². The first-order chi connectivity index (χ1) is 15.6. The second-order valence-corrected chi connectivity index (χ2v) is 7.94. The number of aromatic hydroxyl groups is 2. The van der Waals surface area contributed by atoms with Crippen LogP contribution in [-0.2, 0) is 14.3 Å². The van der Waals surface area contributed by atoms with Crippen molar-refractivity contribution in [2.24, 2.45) is 0 Å². The van der Waals surface area contributed by atoms with Gasteiger partial charge in [-0.3, -0.25) is 14.4 Å². The predicted molar refractivity (Wildman–Crippen MR) is 117 cm³/mol. The van der Waals surface area contributed by atoms with E-state index in [0.29, 0.717) is 5.56 Å². The van der Waals surface area contributed by atoms with E-state index in [1.165, 1.54) is 45.4 Å². The third kappa shape index (κ3) is 3.14. The number of aliphatic hydroxyl groups is 1. The largest absolute Gasteiger partial charge is 0.507 e. The average Bonchev–Trinajstić information content (AvgIpc) is 2.76. The fraction of sp³-hybridized carbons (Fsp3) is 0.240. The first-order valence-corrected chi connectivity index (χ1v) is 10.2. The fourth-order valence-corrected chi connectivity index (χ4v) is 4.65. The Balaban J connectivity index is 2.12. The van der Waals surface area contributed by atoms with Crippen LogP contribution < -0.4 is 0 Å². The van der Waals surface area contributed by atoms with E-state index in [2.05, 4.69) is 0 Å². The van der Waals surface area contributed by atoms with E-state index in [1.807, 2.05) is 0 Å². The van der Waals surface area contributed by atoms with Crippen molar-refractivity contribution in [2.75, 3.05) is 14.2 Å². The summed E-state index contributed by atoms with van der Waals surface area (Å²) >= 11 is 0. The van der Waals surface area contributed by atoms with Gasteiger partial charge in [0.25, 0.3) is 0 Å². The van der Waals surface area contributed by atoms with E-state index >= 15 is 0 Å². The molecule has 0 aliphatic heterocycles. The third-order valence-corrected chi connectivity index (χ3v) is 6.09. The molecule has 3 N–H and O–H groups in total. The lowest BCUT2D eigenvalue weighted by Crippen LogP contribution is -2.28. The van der Waals surface area contributed by atoms with Crippen molar-refractivity contribution in [1.29, 1.82) is 0 Å². The Hall–Kier alpha value is -3.91. The number of aliphatic hydroxyl groups excluding tert-OH is 1. The number of phenolic OH excluding ortho intramolecular Hbond substituents is 2. The normalized spacial score (nSPS) is 17.8. The molecule has 8 heteroatoms. The Bertz CT molecular complexity index is 1310. The van der Waals surface area contributed by atoms with Crippen LogP contribution in [0.2, 0.25) is 0 Å². The maximum atomic E-state index is 13.6. The quantitative estimate of drug-likeness (QED) is 0.552. The standard InChI is InChI=1S/C25H22O8/c1-10-8-14(28)20-22(23(29)12-6-5-7-13(27)19(12)25(20)31)17(10)21-16(33-4)9-15(32-3)18(11(2)26)24(21)30/h5-8,16,27-28,30H,9H2,1-4H3. The summed E-state index contributed by atoms with van der Waals surface area (Å²) < 4.78 is 10.9. The van der Waals surface area contributed by atoms with Gasteiger partial charge in [0.15, 0.2) is 11.6 Å². The van der Waals surface area contributed by atoms with Crippen molar-refractivity contribution in [1.82, 2.24) is 0 Å². The lowest BCUT2D eigenvalue weighted by atomic mass is 9.75. The molecule has 2 aromatic rings. The molecular weight excluding hydrogens is 428 g/mol. The van der Waals surface area contributed by atoms with Gasteiger partial charge in [-0.15, -0.1) is 0 Å². The summed E-state index contributed by atoms with van der Waals surface area (Å²) in [6, 6.07) is 5.44. The maximum Gasteiger partial charge on any atom is 0.201 e. The number of hydrogen-bond donors (Lipinski definition) is 3. The number of ether oxygens (including phenoxy) is 2. The van der Waals surface area contributed by atoms with E-state index in [1.54, 1.807) is 6.92 Å². The van der Waals surface area contributed by atoms with Crippen LogP contribution in [0.4, 0.5) is 0 Å². The molecule has 2 aliphatic rings. The number of fused-ring (bicyclic) bond motifs is 2. The van der Waals surface area contributed by atoms with Crippen molar-refractivity contribution < 1.29 is 39.2 Å². The number of carbonyl (C=O) groups excluding carboxylic acids is 3. The first kappa shape index (κ1) is 22.3. The molecule has 0 amide bonds. The Labute approximate surface area is 189 Å². The van der Waals surface area contributed by atoms with Gasteiger partial charge in [0, 0.05) is 30.2 Å². The number of allylic oxidation sites excluding steroid dienone is 1. The number of ketones is 3. The smallest absolute Gasteiger partial charge is 0.201 e. The number of carbonyl (C=O) groups is 3. The predicted octanol–water partition coefficient (Wildman–Crippen LogP) is 3.36. The van der Waals surface area contributed by atoms with Crippen LogP contribution >= 0.6 is 0 Å². The van der Waals surface area contributed by atoms with Gasteiger partial charge in [-0.2, -0.15) is 0 Å². The molecule has 1 atom stereocenters. The van der Waals surface area contributed by atoms with Gasteiger partial charge in [-0.05, 0) is 37.1 Å². The number of aryl methyl sites for hydroxylation is 1. The summed E-state index contributed by atoms with van der Waals surface area (Å²) in [6.45, 7) is 2.89. The zero-order chi connectivity index (χ0) is 24.2. The van der Waals surface area contributed by atoms with Gasteiger partial charge in [-0.1, -0.05) is 12.1 Å². The number of phenols is 2. The van der Waals surface area contributed by atoms with Crippen molar-refractivity contribution in [3.05, 3.63) is 74.7 Å². The highest BCUT2D eigenvalue weighted by molar-refractivity contribution is 6.31. The summed E-state index contributed by atoms with van der Waals surface area (Å²) in [5.41, 5.74) is 0.0480. The van der Waals surface area contributed by atoms with Crippen molar-refractivity contribution in [3.63, 3.8) is 0 Å². The lowest BCUT2D eigenvalue weighted by Gasteiger charge is -2.31. The molecule has 2 aliphatic carbocycles. The lowest BCUT2D eigenvalue weighted by molar-refractivity contribution is -0.113. The Kier molecular flexibility index (Phi) is 5.33. The minimum Gasteiger partial charge on any atom is -0.507 e. The molecule has 170 valence electrons. The Morgan fingerprint density at radius 2 is 1.67 bits per heavy atom. The second-order valence-electron chi connectivity index (χ2n) is 7.94. The van der Waals surface area contributed by atoms with Crippen LogP contribution in [0.1, 0.15) is 56.3 Å². The van der Waals surface area contributed by atoms with Crippen molar-refractivity contribution in [3.8, 4) is 11.5 Å². The highest BCUT2D eigenvalue weighted by atomic mass is 16.5. The van der Waals surface area contributed by atoms with Gasteiger partial charge in [0.2, 0.25) is 5.78 Å². The molecular formula is C25H22O8. The second kappa shape index (κ2) is 7.90. The monoisotopic (exact) mass is 450 g/mol. The van der Waals surface area contributed by atoms with Crippen LogP contribution in [0.3, 0.4) is 0 Å². The molecule has 0 heterocycles. The average molecular weight is 450 g/mol. The number of methoxy groups -OCH3 is 2. The maximum absolute atomic E-state index is 13.6. The van der Waals surface area contributed by atoms with Crippen LogP contribution in [0, 0.1) is 6.92 Å². The zero-order valence-electron chi connectivity index (χ0n) is 18.5. The Morgan fingerprint density at radius 3 is 2.27 bits per heavy atom. The molecule has 0 radical (unpaired) electrons. The van der Waals surface area contributed by atoms with Gasteiger partial charge < -0.3 is 24.8 Å². The van der Waals surface area contributed by atoms with E-state index < -0.39 is 35.0 Å². The number of benzene rings is 2. The molecule has 0 fully saturated rings. The molecule has 0 aromatic heterocycles. The van der Waals surface area contributed by atoms with Gasteiger partial charge in [0.1, 0.15) is 23.0 Å². The zero-order valence-corrected chi connectivity index (χ0v) is 18.5. The molecule has 2 aromatic carbocycles. The Morgan fingerprint density at radius 1 is 0.970 bits per heavy atom. The molecule has 8 nitrogen and oxygen atoms in total. The highest BCUT2D eigenvalue weighted by Gasteiger charge is 2.41. The van der Waals surface area contributed by atoms with Gasteiger partial charge in [-0.25, -0.2) is 0 Å². The number of rotatable bonds is 4. The molecule has 4 rings (SSSR count). The number of Topliss-reactive ketones (excluding diaryl/α,β-unsaturated/α-hetero) is 1. The third-order valence-electron chi connectivity index (χ3n) is 6.09. The number of hydrogen-bond acceptors (Lipinski definition) is 8. The SMILES string of the molecule is COC1=C(C(C)=O)C(O)=C(c2c(C)cc(O)c3c2C(=O)c2cccc(O)c2C3=O)C(OC)C1. The van der Waals surface area contributed by atoms with E-state index in [-0.39, 0.29) is 56.9 Å². The minimum atomic E-state index is -0.802. The van der Waals surface area contributed by atoms with E-state index in [0.717, 1.165) is 0 Å². The molecule has 33 heavy (non-hydrogen) atoms. The van der Waals surface area contributed by atoms with Crippen molar-refractivity contribution >= 4 is 22.9 Å². The van der Waals surface area contributed by atoms with Crippen LogP contribution in [0.25, 0.3) is 5.57 Å². The highest BCUT2D eigenvalue weighted by Crippen LogP contribution is 2.45. The molecule has 0 saturated heterocycles. The molecule has 0 spiro atoms. The summed E-state index contributed by atoms with van der Waals surface area (Å²) in [5, 5.41) is 32.0. The van der Waals surface area contributed by atoms with Crippen LogP contribution in [-0.4, -0.2) is 53.0 Å². The molecule has 1 unspecified atom stereocenters. The van der Waals surface area contributed by atoms with E-state index in [4.69, 9.17) is 9.47 Å². The summed E-state index contributed by atoms with van der Waals surface area (Å²) in [4.78, 5) is 39.2. The summed E-state index contributed by atoms with van der Waals surface area (Å²) in [6.07, 6.45) is -0.695. The van der Waals surface area contributed by atoms with Crippen LogP contribution in [0.15, 0.2) is 41.4 Å². The summed E-state index contributed by atoms with van der Waals surface area (Å²) in [5.74, 6) is -2.76. The van der Waals surface area contributed by atoms with Crippen molar-refractivity contribution in [2.45, 2.75) is 26.4 Å². The topological polar surface area (TPSA) is 130 Å². The summed E-state index contributed by atoms with van der Waals surface area (Å²) in [7, 11) is 2.79. The van der Waals surface area contributed by atoms with Gasteiger partial charge >= 0.3 is 0 Å².